The van der Waals surface area contributed by atoms with E-state index in [2.05, 4.69) is 89.9 Å². The topological polar surface area (TPSA) is 201 Å². The molecule has 5 heterocycles. The van der Waals surface area contributed by atoms with Gasteiger partial charge in [-0.3, -0.25) is 14.6 Å². The van der Waals surface area contributed by atoms with Crippen LogP contribution >= 0.6 is 0 Å². The van der Waals surface area contributed by atoms with Crippen molar-refractivity contribution in [2.24, 2.45) is 5.92 Å². The molecular weight excluding hydrogens is 966 g/mol. The summed E-state index contributed by atoms with van der Waals surface area (Å²) in [6.07, 6.45) is 6.86. The predicted octanol–water partition coefficient (Wildman–Crippen LogP) is 8.96. The maximum absolute atomic E-state index is 14.9. The molecule has 1 atom stereocenters. The number of halogens is 1. The van der Waals surface area contributed by atoms with Crippen LogP contribution in [-0.2, 0) is 16.6 Å². The number of fused-ring (bicyclic) bond motifs is 1. The molecule has 0 bridgehead atoms. The molecule has 17 nitrogen and oxygen atoms in total. The minimum Gasteiger partial charge on any atom is -0.758 e. The Balaban J connectivity index is 0.954. The second-order valence-electron chi connectivity index (χ2n) is 20.4. The number of aromatic amines is 1. The van der Waals surface area contributed by atoms with Crippen molar-refractivity contribution >= 4 is 44.2 Å². The number of nitrogens with zero attached hydrogens (tertiary/aromatic N) is 6. The molecule has 2 aliphatic heterocycles. The summed E-state index contributed by atoms with van der Waals surface area (Å²) in [7, 11) is -0.310. The SMILES string of the molecule is COc1ccc(CN2CCN(C3CCN(c4ccc(C(=O)NS(=O)(=O)c5cnc(NCC6CCC(C)(O)CC6)c(N(C)[O-])c5)c(Oc5cc6c(F)c[nH]c6nc5OC)c4)CC3)[C@H](c3ccccc3C(C)C)C2)cc1. The van der Waals surface area contributed by atoms with Gasteiger partial charge in [-0.05, 0) is 111 Å². The second kappa shape index (κ2) is 22.1. The van der Waals surface area contributed by atoms with Gasteiger partial charge in [0.1, 0.15) is 33.7 Å². The van der Waals surface area contributed by atoms with Crippen molar-refractivity contribution < 1.29 is 36.9 Å². The van der Waals surface area contributed by atoms with E-state index < -0.39 is 32.2 Å². The van der Waals surface area contributed by atoms with Crippen LogP contribution in [0.3, 0.4) is 0 Å². The van der Waals surface area contributed by atoms with E-state index in [4.69, 9.17) is 14.2 Å². The van der Waals surface area contributed by atoms with Gasteiger partial charge in [0.05, 0.1) is 36.5 Å². The van der Waals surface area contributed by atoms with E-state index in [1.54, 1.807) is 19.2 Å². The summed E-state index contributed by atoms with van der Waals surface area (Å²) < 4.78 is 62.4. The van der Waals surface area contributed by atoms with Crippen LogP contribution in [-0.4, -0.2) is 116 Å². The van der Waals surface area contributed by atoms with Gasteiger partial charge in [-0.1, -0.05) is 50.2 Å². The number of hydrogen-bond donors (Lipinski definition) is 4. The lowest BCUT2D eigenvalue weighted by atomic mass is 9.80. The van der Waals surface area contributed by atoms with E-state index in [0.717, 1.165) is 69.5 Å². The van der Waals surface area contributed by atoms with Crippen LogP contribution in [0.2, 0.25) is 0 Å². The van der Waals surface area contributed by atoms with E-state index >= 15 is 0 Å². The monoisotopic (exact) mass is 1030 g/mol. The van der Waals surface area contributed by atoms with Crippen molar-refractivity contribution in [1.82, 2.24) is 29.5 Å². The zero-order chi connectivity index (χ0) is 52.3. The van der Waals surface area contributed by atoms with E-state index in [-0.39, 0.29) is 57.4 Å². The number of piperazine rings is 1. The van der Waals surface area contributed by atoms with E-state index in [1.807, 2.05) is 19.1 Å². The molecule has 0 spiro atoms. The molecule has 2 saturated heterocycles. The Morgan fingerprint density at radius 2 is 1.72 bits per heavy atom. The number of ether oxygens (including phenoxy) is 3. The fourth-order valence-corrected chi connectivity index (χ4v) is 11.7. The fraction of sp³-hybridized carbons (Fsp3) is 0.436. The Labute approximate surface area is 432 Å². The van der Waals surface area contributed by atoms with Crippen LogP contribution in [0.25, 0.3) is 11.0 Å². The molecule has 1 saturated carbocycles. The standard InChI is InChI=1S/C55H67FN9O8S/c1-35(2)42-9-7-8-10-43(42)48-34-63(33-37-11-14-40(71-5)15-12-37)25-26-65(48)38-19-23-64(24-20-38)39-13-16-44(49(27-39)73-50-29-45-46(56)32-59-51(45)60-54(50)72-6)53(66)61-74(69,70)41-28-47(62(4)68)52(58-31-41)57-30-36-17-21-55(3,67)22-18-36/h7-16,27-29,31-32,35-36,38,48,67H,17-26,30,33-34H2,1-6H3,(H,57,58)(H,59,60)(H,61,66)/q-1/t36?,48-,55?/m0/s1. The number of carbonyl (C=O) groups is 1. The number of hydroxylamine groups is 1. The number of pyridine rings is 2. The largest absolute Gasteiger partial charge is 0.758 e. The van der Waals surface area contributed by atoms with Crippen molar-refractivity contribution in [2.75, 3.05) is 75.8 Å². The van der Waals surface area contributed by atoms with Gasteiger partial charge in [-0.2, -0.15) is 4.98 Å². The van der Waals surface area contributed by atoms with Gasteiger partial charge in [0, 0.05) is 88.1 Å². The lowest BCUT2D eigenvalue weighted by molar-refractivity contribution is 0.00975. The molecule has 9 rings (SSSR count). The van der Waals surface area contributed by atoms with Crippen molar-refractivity contribution in [3.8, 4) is 23.1 Å². The third-order valence-corrected chi connectivity index (χ3v) is 16.3. The number of anilines is 3. The number of carbonyl (C=O) groups excluding carboxylic acids is 1. The molecule has 3 aromatic heterocycles. The van der Waals surface area contributed by atoms with Crippen LogP contribution in [0, 0.1) is 16.9 Å². The first kappa shape index (κ1) is 52.4. The molecule has 3 fully saturated rings. The first-order valence-electron chi connectivity index (χ1n) is 25.4. The van der Waals surface area contributed by atoms with Crippen LogP contribution in [0.5, 0.6) is 23.1 Å². The fourth-order valence-electron chi connectivity index (χ4n) is 10.7. The number of nitrogens with one attached hydrogen (secondary N) is 3. The van der Waals surface area contributed by atoms with Crippen molar-refractivity contribution in [3.05, 3.63) is 125 Å². The summed E-state index contributed by atoms with van der Waals surface area (Å²) in [4.78, 5) is 32.8. The second-order valence-corrected chi connectivity index (χ2v) is 22.1. The molecule has 1 amide bonds. The number of methoxy groups -OCH3 is 2. The van der Waals surface area contributed by atoms with Crippen LogP contribution in [0.4, 0.5) is 21.6 Å². The number of piperidine rings is 1. The molecular formula is C55H67FN9O8S-. The molecule has 3 aromatic carbocycles. The third-order valence-electron chi connectivity index (χ3n) is 15.0. The number of aliphatic hydroxyl groups is 1. The Morgan fingerprint density at radius 1 is 0.973 bits per heavy atom. The molecule has 0 radical (unpaired) electrons. The molecule has 394 valence electrons. The van der Waals surface area contributed by atoms with Crippen molar-refractivity contribution in [3.63, 3.8) is 0 Å². The molecule has 0 unspecified atom stereocenters. The summed E-state index contributed by atoms with van der Waals surface area (Å²) in [5.74, 6) is 0.0143. The highest BCUT2D eigenvalue weighted by atomic mass is 32.2. The van der Waals surface area contributed by atoms with Gasteiger partial charge in [-0.25, -0.2) is 22.5 Å². The number of amides is 1. The van der Waals surface area contributed by atoms with Crippen molar-refractivity contribution in [1.29, 1.82) is 0 Å². The number of sulfonamides is 1. The van der Waals surface area contributed by atoms with Gasteiger partial charge in [0.2, 0.25) is 0 Å². The van der Waals surface area contributed by atoms with E-state index in [0.29, 0.717) is 49.5 Å². The predicted molar refractivity (Wildman–Crippen MR) is 284 cm³/mol. The van der Waals surface area contributed by atoms with Gasteiger partial charge >= 0.3 is 0 Å². The maximum Gasteiger partial charge on any atom is 0.268 e. The van der Waals surface area contributed by atoms with Crippen LogP contribution < -0.4 is 34.2 Å². The van der Waals surface area contributed by atoms with Crippen LogP contribution in [0.15, 0.2) is 96.2 Å². The summed E-state index contributed by atoms with van der Waals surface area (Å²) in [6, 6.07) is 25.1. The normalized spacial score (nSPS) is 20.2. The molecule has 19 heteroatoms. The zero-order valence-corrected chi connectivity index (χ0v) is 43.8. The highest BCUT2D eigenvalue weighted by molar-refractivity contribution is 7.90. The Hall–Kier alpha value is -6.51. The molecule has 4 N–H and O–H groups in total. The minimum absolute atomic E-state index is 0.000798. The molecule has 3 aliphatic rings. The number of H-pyrrole nitrogens is 1. The van der Waals surface area contributed by atoms with Gasteiger partial charge < -0.3 is 44.8 Å². The van der Waals surface area contributed by atoms with E-state index in [9.17, 15) is 27.9 Å². The third kappa shape index (κ3) is 11.7. The average Bonchev–Trinajstić information content (AvgIpc) is 3.76. The highest BCUT2D eigenvalue weighted by Gasteiger charge is 2.37. The number of rotatable bonds is 17. The minimum atomic E-state index is -4.61. The Bertz CT molecular complexity index is 3040. The smallest absolute Gasteiger partial charge is 0.268 e. The summed E-state index contributed by atoms with van der Waals surface area (Å²) >= 11 is 0. The quantitative estimate of drug-likeness (QED) is 0.0631. The van der Waals surface area contributed by atoms with Gasteiger partial charge in [0.15, 0.2) is 5.75 Å². The maximum atomic E-state index is 14.9. The molecule has 1 aliphatic carbocycles. The lowest BCUT2D eigenvalue weighted by Crippen LogP contribution is -2.54. The Morgan fingerprint density at radius 3 is 2.42 bits per heavy atom. The summed E-state index contributed by atoms with van der Waals surface area (Å²) in [5.41, 5.74) is 4.04. The van der Waals surface area contributed by atoms with E-state index in [1.165, 1.54) is 55.2 Å². The number of aromatic nitrogens is 3. The van der Waals surface area contributed by atoms with Gasteiger partial charge in [0.25, 0.3) is 21.8 Å². The molecule has 74 heavy (non-hydrogen) atoms. The Kier molecular flexibility index (Phi) is 15.7. The van der Waals surface area contributed by atoms with Gasteiger partial charge in [-0.15, -0.1) is 0 Å². The zero-order valence-electron chi connectivity index (χ0n) is 42.9. The highest BCUT2D eigenvalue weighted by Crippen LogP contribution is 2.40. The number of hydrogen-bond acceptors (Lipinski definition) is 15. The average molecular weight is 1030 g/mol. The first-order chi connectivity index (χ1) is 35.5. The summed E-state index contributed by atoms with van der Waals surface area (Å²) in [5, 5.41) is 27.0. The van der Waals surface area contributed by atoms with Crippen LogP contribution in [0.1, 0.15) is 98.3 Å². The number of benzene rings is 3. The lowest BCUT2D eigenvalue weighted by Gasteiger charge is -2.48. The van der Waals surface area contributed by atoms with Crippen molar-refractivity contribution in [2.45, 2.75) is 94.3 Å². The summed E-state index contributed by atoms with van der Waals surface area (Å²) in [6.45, 7) is 11.7. The molecule has 6 aromatic rings. The first-order valence-corrected chi connectivity index (χ1v) is 26.9.